The number of anilines is 1. The van der Waals surface area contributed by atoms with Crippen LogP contribution in [0.4, 0.5) is 5.69 Å². The first kappa shape index (κ1) is 12.7. The lowest BCUT2D eigenvalue weighted by molar-refractivity contribution is 0.102. The zero-order valence-corrected chi connectivity index (χ0v) is 11.5. The summed E-state index contributed by atoms with van der Waals surface area (Å²) in [5, 5.41) is 6.82. The average Bonchev–Trinajstić information content (AvgIpc) is 2.78. The van der Waals surface area contributed by atoms with E-state index in [1.54, 1.807) is 6.92 Å². The number of aryl methyl sites for hydroxylation is 3. The summed E-state index contributed by atoms with van der Waals surface area (Å²) in [6, 6.07) is 6.02. The number of nitrogens with zero attached hydrogens (tertiary/aromatic N) is 2. The molecule has 94 valence electrons. The average molecular weight is 261 g/mol. The van der Waals surface area contributed by atoms with Gasteiger partial charge in [0.2, 0.25) is 0 Å². The third-order valence-electron chi connectivity index (χ3n) is 2.84. The molecule has 1 aromatic heterocycles. The first-order valence-corrected chi connectivity index (χ1v) is 6.59. The number of para-hydroxylation sites is 1. The van der Waals surface area contributed by atoms with Crippen LogP contribution in [0.15, 0.2) is 18.2 Å². The molecule has 1 N–H and O–H groups in total. The minimum absolute atomic E-state index is 0.133. The second-order valence-electron chi connectivity index (χ2n) is 4.10. The minimum Gasteiger partial charge on any atom is -0.321 e. The van der Waals surface area contributed by atoms with E-state index in [2.05, 4.69) is 21.8 Å². The number of hydrogen-bond donors (Lipinski definition) is 1. The fraction of sp³-hybridized carbons (Fsp3) is 0.308. The number of rotatable bonds is 3. The molecule has 5 heteroatoms. The number of amides is 1. The van der Waals surface area contributed by atoms with Crippen molar-refractivity contribution in [2.45, 2.75) is 27.2 Å². The van der Waals surface area contributed by atoms with Crippen LogP contribution in [0.3, 0.4) is 0 Å². The maximum atomic E-state index is 12.1. The predicted octanol–water partition coefficient (Wildman–Crippen LogP) is 2.97. The summed E-state index contributed by atoms with van der Waals surface area (Å²) >= 11 is 1.12. The zero-order chi connectivity index (χ0) is 13.1. The van der Waals surface area contributed by atoms with Crippen molar-refractivity contribution in [3.05, 3.63) is 39.9 Å². The van der Waals surface area contributed by atoms with Crippen LogP contribution in [0.2, 0.25) is 0 Å². The maximum absolute atomic E-state index is 12.1. The molecule has 0 saturated heterocycles. The summed E-state index contributed by atoms with van der Waals surface area (Å²) in [6.07, 6.45) is 0.886. The molecule has 0 bridgehead atoms. The van der Waals surface area contributed by atoms with Crippen LogP contribution in [0.5, 0.6) is 0 Å². The van der Waals surface area contributed by atoms with E-state index in [4.69, 9.17) is 0 Å². The molecule has 0 aliphatic heterocycles. The highest BCUT2D eigenvalue weighted by Crippen LogP contribution is 2.22. The van der Waals surface area contributed by atoms with Crippen molar-refractivity contribution < 1.29 is 4.79 Å². The van der Waals surface area contributed by atoms with Gasteiger partial charge in [0.05, 0.1) is 5.69 Å². The Morgan fingerprint density at radius 2 is 2.17 bits per heavy atom. The fourth-order valence-electron chi connectivity index (χ4n) is 1.81. The second-order valence-corrected chi connectivity index (χ2v) is 4.86. The molecule has 0 unspecified atom stereocenters. The summed E-state index contributed by atoms with van der Waals surface area (Å²) in [4.78, 5) is 12.7. The van der Waals surface area contributed by atoms with E-state index in [0.717, 1.165) is 34.8 Å². The van der Waals surface area contributed by atoms with Crippen LogP contribution in [-0.4, -0.2) is 15.5 Å². The van der Waals surface area contributed by atoms with Gasteiger partial charge >= 0.3 is 0 Å². The molecular formula is C13H15N3OS. The smallest absolute Gasteiger partial charge is 0.269 e. The van der Waals surface area contributed by atoms with Gasteiger partial charge in [-0.15, -0.1) is 5.10 Å². The van der Waals surface area contributed by atoms with Gasteiger partial charge in [0.25, 0.3) is 5.91 Å². The Morgan fingerprint density at radius 1 is 1.39 bits per heavy atom. The van der Waals surface area contributed by atoms with Gasteiger partial charge in [0.15, 0.2) is 0 Å². The largest absolute Gasteiger partial charge is 0.321 e. The lowest BCUT2D eigenvalue weighted by atomic mass is 10.1. The summed E-state index contributed by atoms with van der Waals surface area (Å²) in [7, 11) is 0. The molecule has 0 fully saturated rings. The molecule has 4 nitrogen and oxygen atoms in total. The van der Waals surface area contributed by atoms with E-state index in [0.29, 0.717) is 10.6 Å². The molecule has 0 radical (unpaired) electrons. The van der Waals surface area contributed by atoms with Crippen LogP contribution >= 0.6 is 11.5 Å². The predicted molar refractivity (Wildman–Crippen MR) is 73.2 cm³/mol. The van der Waals surface area contributed by atoms with Crippen LogP contribution < -0.4 is 5.32 Å². The normalized spacial score (nSPS) is 10.4. The Bertz CT molecular complexity index is 577. The highest BCUT2D eigenvalue weighted by atomic mass is 32.1. The number of nitrogens with one attached hydrogen (secondary N) is 1. The molecule has 0 spiro atoms. The Hall–Kier alpha value is -1.75. The summed E-state index contributed by atoms with van der Waals surface area (Å²) in [6.45, 7) is 5.85. The number of carbonyl (C=O) groups excluding carboxylic acids is 1. The monoisotopic (exact) mass is 261 g/mol. The summed E-state index contributed by atoms with van der Waals surface area (Å²) in [5.41, 5.74) is 3.78. The van der Waals surface area contributed by atoms with Crippen LogP contribution in [-0.2, 0) is 6.42 Å². The lowest BCUT2D eigenvalue weighted by Crippen LogP contribution is -2.14. The van der Waals surface area contributed by atoms with Gasteiger partial charge < -0.3 is 5.32 Å². The number of carbonyl (C=O) groups is 1. The van der Waals surface area contributed by atoms with Crippen LogP contribution in [0, 0.1) is 13.8 Å². The van der Waals surface area contributed by atoms with Gasteiger partial charge in [-0.3, -0.25) is 4.79 Å². The molecule has 0 aliphatic rings. The summed E-state index contributed by atoms with van der Waals surface area (Å²) < 4.78 is 3.78. The third-order valence-corrected chi connectivity index (χ3v) is 3.66. The molecule has 0 aliphatic carbocycles. The van der Waals surface area contributed by atoms with Crippen molar-refractivity contribution in [2.24, 2.45) is 0 Å². The number of hydrogen-bond acceptors (Lipinski definition) is 4. The minimum atomic E-state index is -0.133. The molecule has 1 heterocycles. The van der Waals surface area contributed by atoms with Gasteiger partial charge in [-0.05, 0) is 42.9 Å². The van der Waals surface area contributed by atoms with Crippen molar-refractivity contribution in [1.82, 2.24) is 9.59 Å². The Labute approximate surface area is 110 Å². The van der Waals surface area contributed by atoms with Crippen molar-refractivity contribution in [2.75, 3.05) is 5.32 Å². The van der Waals surface area contributed by atoms with Gasteiger partial charge in [-0.25, -0.2) is 0 Å². The Balaban J connectivity index is 2.30. The maximum Gasteiger partial charge on any atom is 0.269 e. The highest BCUT2D eigenvalue weighted by Gasteiger charge is 2.15. The zero-order valence-electron chi connectivity index (χ0n) is 10.7. The lowest BCUT2D eigenvalue weighted by Gasteiger charge is -2.12. The Kier molecular flexibility index (Phi) is 3.72. The molecule has 1 amide bonds. The van der Waals surface area contributed by atoms with Crippen molar-refractivity contribution in [1.29, 1.82) is 0 Å². The third kappa shape index (κ3) is 2.41. The fourth-order valence-corrected chi connectivity index (χ4v) is 2.36. The van der Waals surface area contributed by atoms with Gasteiger partial charge in [-0.2, -0.15) is 0 Å². The highest BCUT2D eigenvalue weighted by molar-refractivity contribution is 7.08. The number of aromatic nitrogens is 2. The first-order valence-electron chi connectivity index (χ1n) is 5.82. The quantitative estimate of drug-likeness (QED) is 0.924. The van der Waals surface area contributed by atoms with E-state index in [1.807, 2.05) is 25.1 Å². The Morgan fingerprint density at radius 3 is 2.78 bits per heavy atom. The van der Waals surface area contributed by atoms with Gasteiger partial charge in [-0.1, -0.05) is 29.6 Å². The molecule has 1 aromatic carbocycles. The van der Waals surface area contributed by atoms with E-state index in [-0.39, 0.29) is 5.91 Å². The molecular weight excluding hydrogens is 246 g/mol. The van der Waals surface area contributed by atoms with Crippen molar-refractivity contribution >= 4 is 23.1 Å². The topological polar surface area (TPSA) is 54.9 Å². The molecule has 0 atom stereocenters. The SMILES string of the molecule is CCc1cccc(C)c1NC(=O)c1snnc1C. The second kappa shape index (κ2) is 5.27. The van der Waals surface area contributed by atoms with E-state index < -0.39 is 0 Å². The number of benzene rings is 1. The van der Waals surface area contributed by atoms with Crippen LogP contribution in [0.1, 0.15) is 33.4 Å². The summed E-state index contributed by atoms with van der Waals surface area (Å²) in [5.74, 6) is -0.133. The first-order chi connectivity index (χ1) is 8.63. The molecule has 2 aromatic rings. The van der Waals surface area contributed by atoms with Crippen molar-refractivity contribution in [3.8, 4) is 0 Å². The van der Waals surface area contributed by atoms with Gasteiger partial charge in [0.1, 0.15) is 4.88 Å². The van der Waals surface area contributed by atoms with E-state index in [9.17, 15) is 4.79 Å². The standard InChI is InChI=1S/C13H15N3OS/c1-4-10-7-5-6-8(2)11(10)14-13(17)12-9(3)15-16-18-12/h5-7H,4H2,1-3H3,(H,14,17). The molecule has 0 saturated carbocycles. The van der Waals surface area contributed by atoms with Crippen molar-refractivity contribution in [3.63, 3.8) is 0 Å². The van der Waals surface area contributed by atoms with E-state index >= 15 is 0 Å². The van der Waals surface area contributed by atoms with E-state index in [1.165, 1.54) is 0 Å². The molecule has 18 heavy (non-hydrogen) atoms. The van der Waals surface area contributed by atoms with Gasteiger partial charge in [0, 0.05) is 5.69 Å². The van der Waals surface area contributed by atoms with Crippen LogP contribution in [0.25, 0.3) is 0 Å². The molecule has 2 rings (SSSR count).